The molecule has 2 aromatic rings. The van der Waals surface area contributed by atoms with E-state index in [9.17, 15) is 0 Å². The molecule has 0 aliphatic heterocycles. The summed E-state index contributed by atoms with van der Waals surface area (Å²) in [5.41, 5.74) is 3.97. The normalized spacial score (nSPS) is 13.1. The maximum absolute atomic E-state index is 6.09. The van der Waals surface area contributed by atoms with Crippen LogP contribution in [0.1, 0.15) is 65.4 Å². The predicted octanol–water partition coefficient (Wildman–Crippen LogP) is 5.18. The van der Waals surface area contributed by atoms with Crippen LogP contribution in [0.25, 0.3) is 11.0 Å². The predicted molar refractivity (Wildman–Crippen MR) is 90.9 cm³/mol. The molecular weight excluding hydrogens is 258 g/mol. The molecule has 116 valence electrons. The monoisotopic (exact) mass is 287 g/mol. The lowest BCUT2D eigenvalue weighted by molar-refractivity contribution is 0.393. The van der Waals surface area contributed by atoms with Crippen molar-refractivity contribution < 1.29 is 4.42 Å². The fourth-order valence-corrected chi connectivity index (χ4v) is 2.54. The standard InChI is InChI=1S/C19H29NO/c1-8-14-15-11-13(18(2,3)4)9-10-16(15)21-17(14)12-20-19(5,6)7/h9-11,20H,8,12H2,1-7H3. The molecule has 1 aromatic carbocycles. The Hall–Kier alpha value is -1.28. The van der Waals surface area contributed by atoms with E-state index in [1.54, 1.807) is 0 Å². The Kier molecular flexibility index (Phi) is 4.21. The zero-order valence-electron chi connectivity index (χ0n) is 14.6. The van der Waals surface area contributed by atoms with Crippen molar-refractivity contribution in [1.82, 2.24) is 5.32 Å². The van der Waals surface area contributed by atoms with Crippen LogP contribution >= 0.6 is 0 Å². The average molecular weight is 287 g/mol. The number of benzene rings is 1. The molecule has 1 heterocycles. The molecule has 21 heavy (non-hydrogen) atoms. The largest absolute Gasteiger partial charge is 0.459 e. The molecule has 1 aromatic heterocycles. The minimum absolute atomic E-state index is 0.0978. The van der Waals surface area contributed by atoms with Gasteiger partial charge in [-0.2, -0.15) is 0 Å². The highest BCUT2D eigenvalue weighted by Gasteiger charge is 2.19. The van der Waals surface area contributed by atoms with Crippen molar-refractivity contribution in [2.75, 3.05) is 0 Å². The Morgan fingerprint density at radius 2 is 1.71 bits per heavy atom. The molecule has 0 atom stereocenters. The first-order valence-electron chi connectivity index (χ1n) is 7.91. The van der Waals surface area contributed by atoms with Crippen molar-refractivity contribution in [1.29, 1.82) is 0 Å². The van der Waals surface area contributed by atoms with Crippen molar-refractivity contribution in [3.8, 4) is 0 Å². The first-order valence-corrected chi connectivity index (χ1v) is 7.91. The van der Waals surface area contributed by atoms with Crippen molar-refractivity contribution >= 4 is 11.0 Å². The zero-order chi connectivity index (χ0) is 15.8. The Balaban J connectivity index is 2.44. The first kappa shape index (κ1) is 16.1. The highest BCUT2D eigenvalue weighted by Crippen LogP contribution is 2.31. The van der Waals surface area contributed by atoms with Gasteiger partial charge in [0.2, 0.25) is 0 Å². The van der Waals surface area contributed by atoms with E-state index in [0.717, 1.165) is 24.3 Å². The Bertz CT molecular complexity index is 623. The van der Waals surface area contributed by atoms with E-state index in [4.69, 9.17) is 4.42 Å². The molecule has 0 amide bonds. The molecule has 2 nitrogen and oxygen atoms in total. The van der Waals surface area contributed by atoms with E-state index in [1.165, 1.54) is 16.5 Å². The molecule has 0 radical (unpaired) electrons. The summed E-state index contributed by atoms with van der Waals surface area (Å²) in [6, 6.07) is 6.61. The van der Waals surface area contributed by atoms with Crippen LogP contribution in [0.5, 0.6) is 0 Å². The number of rotatable bonds is 3. The zero-order valence-corrected chi connectivity index (χ0v) is 14.6. The molecule has 0 bridgehead atoms. The fraction of sp³-hybridized carbons (Fsp3) is 0.579. The lowest BCUT2D eigenvalue weighted by atomic mass is 9.86. The first-order chi connectivity index (χ1) is 9.62. The van der Waals surface area contributed by atoms with Gasteiger partial charge in [0.1, 0.15) is 11.3 Å². The molecule has 2 heteroatoms. The van der Waals surface area contributed by atoms with Gasteiger partial charge in [0.05, 0.1) is 6.54 Å². The third-order valence-corrected chi connectivity index (χ3v) is 3.87. The molecule has 0 aliphatic carbocycles. The third kappa shape index (κ3) is 3.68. The maximum atomic E-state index is 6.09. The average Bonchev–Trinajstić information content (AvgIpc) is 2.70. The second-order valence-electron chi connectivity index (χ2n) is 7.92. The molecule has 0 unspecified atom stereocenters. The van der Waals surface area contributed by atoms with Gasteiger partial charge in [0.25, 0.3) is 0 Å². The summed E-state index contributed by atoms with van der Waals surface area (Å²) in [5.74, 6) is 1.08. The van der Waals surface area contributed by atoms with Gasteiger partial charge in [-0.1, -0.05) is 33.8 Å². The number of nitrogens with one attached hydrogen (secondary N) is 1. The van der Waals surface area contributed by atoms with Crippen LogP contribution in [0.3, 0.4) is 0 Å². The quantitative estimate of drug-likeness (QED) is 0.841. The van der Waals surface area contributed by atoms with Gasteiger partial charge in [-0.05, 0) is 50.3 Å². The summed E-state index contributed by atoms with van der Waals surface area (Å²) in [4.78, 5) is 0. The Morgan fingerprint density at radius 3 is 2.24 bits per heavy atom. The van der Waals surface area contributed by atoms with Crippen molar-refractivity contribution in [3.63, 3.8) is 0 Å². The van der Waals surface area contributed by atoms with Crippen LogP contribution in [0.2, 0.25) is 0 Å². The van der Waals surface area contributed by atoms with Crippen LogP contribution < -0.4 is 5.32 Å². The molecular formula is C19H29NO. The Morgan fingerprint density at radius 1 is 1.05 bits per heavy atom. The number of hydrogen-bond donors (Lipinski definition) is 1. The summed E-state index contributed by atoms with van der Waals surface area (Å²) in [6.07, 6.45) is 1.00. The minimum Gasteiger partial charge on any atom is -0.459 e. The second-order valence-corrected chi connectivity index (χ2v) is 7.92. The van der Waals surface area contributed by atoms with E-state index in [1.807, 2.05) is 0 Å². The van der Waals surface area contributed by atoms with E-state index in [2.05, 4.69) is 72.0 Å². The number of hydrogen-bond acceptors (Lipinski definition) is 2. The maximum Gasteiger partial charge on any atom is 0.134 e. The van der Waals surface area contributed by atoms with Crippen LogP contribution in [0.15, 0.2) is 22.6 Å². The van der Waals surface area contributed by atoms with E-state index in [-0.39, 0.29) is 11.0 Å². The minimum atomic E-state index is 0.0978. The molecule has 0 saturated carbocycles. The van der Waals surface area contributed by atoms with E-state index >= 15 is 0 Å². The van der Waals surface area contributed by atoms with E-state index < -0.39 is 0 Å². The number of aryl methyl sites for hydroxylation is 1. The van der Waals surface area contributed by atoms with Crippen LogP contribution in [-0.2, 0) is 18.4 Å². The topological polar surface area (TPSA) is 25.2 Å². The molecule has 0 aliphatic rings. The lowest BCUT2D eigenvalue weighted by Gasteiger charge is -2.20. The highest BCUT2D eigenvalue weighted by molar-refractivity contribution is 5.83. The van der Waals surface area contributed by atoms with Gasteiger partial charge < -0.3 is 9.73 Å². The van der Waals surface area contributed by atoms with Crippen molar-refractivity contribution in [2.45, 2.75) is 72.4 Å². The molecule has 0 saturated heterocycles. The summed E-state index contributed by atoms with van der Waals surface area (Å²) < 4.78 is 6.09. The molecule has 1 N–H and O–H groups in total. The van der Waals surface area contributed by atoms with Crippen LogP contribution in [0.4, 0.5) is 0 Å². The lowest BCUT2D eigenvalue weighted by Crippen LogP contribution is -2.35. The third-order valence-electron chi connectivity index (χ3n) is 3.87. The van der Waals surface area contributed by atoms with Crippen LogP contribution in [0, 0.1) is 0 Å². The van der Waals surface area contributed by atoms with Gasteiger partial charge in [-0.25, -0.2) is 0 Å². The number of furan rings is 1. The summed E-state index contributed by atoms with van der Waals surface area (Å²) in [6.45, 7) is 16.3. The van der Waals surface area contributed by atoms with Gasteiger partial charge in [-0.3, -0.25) is 0 Å². The fourth-order valence-electron chi connectivity index (χ4n) is 2.54. The smallest absolute Gasteiger partial charge is 0.134 e. The number of fused-ring (bicyclic) bond motifs is 1. The van der Waals surface area contributed by atoms with Gasteiger partial charge in [0, 0.05) is 16.5 Å². The molecule has 0 spiro atoms. The van der Waals surface area contributed by atoms with Crippen molar-refractivity contribution in [3.05, 3.63) is 35.1 Å². The summed E-state index contributed by atoms with van der Waals surface area (Å²) in [7, 11) is 0. The molecule has 0 fully saturated rings. The van der Waals surface area contributed by atoms with Crippen LogP contribution in [-0.4, -0.2) is 5.54 Å². The van der Waals surface area contributed by atoms with Gasteiger partial charge in [0.15, 0.2) is 0 Å². The van der Waals surface area contributed by atoms with Crippen molar-refractivity contribution in [2.24, 2.45) is 0 Å². The van der Waals surface area contributed by atoms with Gasteiger partial charge in [-0.15, -0.1) is 0 Å². The van der Waals surface area contributed by atoms with Gasteiger partial charge >= 0.3 is 0 Å². The summed E-state index contributed by atoms with van der Waals surface area (Å²) in [5, 5.41) is 4.80. The highest BCUT2D eigenvalue weighted by atomic mass is 16.3. The van der Waals surface area contributed by atoms with E-state index in [0.29, 0.717) is 0 Å². The molecule has 2 rings (SSSR count). The summed E-state index contributed by atoms with van der Waals surface area (Å²) >= 11 is 0. The Labute approximate surface area is 128 Å². The second kappa shape index (κ2) is 5.49. The SMILES string of the molecule is CCc1c(CNC(C)(C)C)oc2ccc(C(C)(C)C)cc12.